The number of anilines is 1. The van der Waals surface area contributed by atoms with Crippen molar-refractivity contribution in [2.45, 2.75) is 33.2 Å². The molecule has 2 rings (SSSR count). The van der Waals surface area contributed by atoms with E-state index in [9.17, 15) is 18.4 Å². The molecule has 0 unspecified atom stereocenters. The molecule has 0 saturated carbocycles. The predicted molar refractivity (Wildman–Crippen MR) is 87.3 cm³/mol. The molecule has 0 aliphatic carbocycles. The molecule has 0 aliphatic heterocycles. The molecule has 0 bridgehead atoms. The summed E-state index contributed by atoms with van der Waals surface area (Å²) in [6.07, 6.45) is 1.25. The number of rotatable bonds is 7. The number of hydrogen-bond acceptors (Lipinski definition) is 5. The van der Waals surface area contributed by atoms with Crippen LogP contribution in [0.15, 0.2) is 18.2 Å². The normalized spacial score (nSPS) is 10.7. The van der Waals surface area contributed by atoms with Crippen LogP contribution in [0.1, 0.15) is 46.7 Å². The third kappa shape index (κ3) is 4.01. The number of carbonyl (C=O) groups excluding carboxylic acids is 2. The van der Waals surface area contributed by atoms with Gasteiger partial charge in [-0.3, -0.25) is 4.79 Å². The van der Waals surface area contributed by atoms with E-state index in [4.69, 9.17) is 10.5 Å². The van der Waals surface area contributed by atoms with Crippen LogP contribution in [0, 0.1) is 11.6 Å². The first-order valence-corrected chi connectivity index (χ1v) is 7.89. The fourth-order valence-electron chi connectivity index (χ4n) is 2.38. The zero-order valence-electron chi connectivity index (χ0n) is 14.0. The van der Waals surface area contributed by atoms with E-state index >= 15 is 0 Å². The number of carbonyl (C=O) groups is 2. The maximum atomic E-state index is 13.6. The summed E-state index contributed by atoms with van der Waals surface area (Å²) >= 11 is 0. The van der Waals surface area contributed by atoms with E-state index in [2.05, 4.69) is 5.10 Å². The van der Waals surface area contributed by atoms with E-state index in [1.807, 2.05) is 13.8 Å². The lowest BCUT2D eigenvalue weighted by Crippen LogP contribution is -2.17. The lowest BCUT2D eigenvalue weighted by Gasteiger charge is -2.06. The molecule has 134 valence electrons. The Morgan fingerprint density at radius 2 is 2.00 bits per heavy atom. The number of aromatic nitrogens is 2. The number of halogens is 2. The van der Waals surface area contributed by atoms with Gasteiger partial charge in [0.2, 0.25) is 5.78 Å². The Hall–Kier alpha value is -2.77. The third-order valence-corrected chi connectivity index (χ3v) is 3.60. The molecule has 0 saturated heterocycles. The van der Waals surface area contributed by atoms with Gasteiger partial charge in [0.25, 0.3) is 0 Å². The minimum Gasteiger partial charge on any atom is -0.454 e. The highest BCUT2D eigenvalue weighted by molar-refractivity contribution is 6.01. The third-order valence-electron chi connectivity index (χ3n) is 3.60. The zero-order chi connectivity index (χ0) is 18.6. The monoisotopic (exact) mass is 351 g/mol. The second-order valence-corrected chi connectivity index (χ2v) is 5.41. The van der Waals surface area contributed by atoms with Crippen LogP contribution in [0.25, 0.3) is 0 Å². The highest BCUT2D eigenvalue weighted by atomic mass is 19.1. The van der Waals surface area contributed by atoms with E-state index in [1.165, 1.54) is 4.68 Å². The summed E-state index contributed by atoms with van der Waals surface area (Å²) in [7, 11) is 0. The van der Waals surface area contributed by atoms with E-state index in [1.54, 1.807) is 0 Å². The number of nitrogens with zero attached hydrogens (tertiary/aromatic N) is 2. The van der Waals surface area contributed by atoms with Gasteiger partial charge in [0.15, 0.2) is 6.61 Å². The average molecular weight is 351 g/mol. The molecule has 25 heavy (non-hydrogen) atoms. The number of esters is 1. The summed E-state index contributed by atoms with van der Waals surface area (Å²) in [5, 5.41) is 4.25. The van der Waals surface area contributed by atoms with Gasteiger partial charge in [-0.05, 0) is 25.0 Å². The lowest BCUT2D eigenvalue weighted by atomic mass is 10.1. The molecular weight excluding hydrogens is 332 g/mol. The summed E-state index contributed by atoms with van der Waals surface area (Å²) in [5.74, 6) is -3.21. The van der Waals surface area contributed by atoms with Gasteiger partial charge < -0.3 is 10.5 Å². The summed E-state index contributed by atoms with van der Waals surface area (Å²) in [6.45, 7) is 3.63. The quantitative estimate of drug-likeness (QED) is 0.612. The van der Waals surface area contributed by atoms with Gasteiger partial charge in [0.1, 0.15) is 23.0 Å². The van der Waals surface area contributed by atoms with E-state index in [0.717, 1.165) is 18.6 Å². The summed E-state index contributed by atoms with van der Waals surface area (Å²) in [5.41, 5.74) is 6.17. The Balaban J connectivity index is 2.13. The smallest absolute Gasteiger partial charge is 0.344 e. The van der Waals surface area contributed by atoms with Gasteiger partial charge in [-0.25, -0.2) is 18.3 Å². The van der Waals surface area contributed by atoms with Crippen LogP contribution >= 0.6 is 0 Å². The second kappa shape index (κ2) is 7.87. The first-order valence-electron chi connectivity index (χ1n) is 7.89. The molecule has 0 atom stereocenters. The van der Waals surface area contributed by atoms with Crippen molar-refractivity contribution in [3.05, 3.63) is 46.7 Å². The maximum Gasteiger partial charge on any atom is 0.344 e. The SMILES string of the molecule is CCCn1nc(CC)c(C(=O)OCC(=O)c2ccc(F)cc2F)c1N. The largest absolute Gasteiger partial charge is 0.454 e. The number of nitrogens with two attached hydrogens (primary N) is 1. The van der Waals surface area contributed by atoms with Crippen molar-refractivity contribution in [3.8, 4) is 0 Å². The number of hydrogen-bond donors (Lipinski definition) is 1. The van der Waals surface area contributed by atoms with Crippen molar-refractivity contribution in [1.82, 2.24) is 9.78 Å². The Morgan fingerprint density at radius 1 is 1.28 bits per heavy atom. The Labute approximate surface area is 143 Å². The highest BCUT2D eigenvalue weighted by Crippen LogP contribution is 2.20. The number of ether oxygens (including phenoxy) is 1. The van der Waals surface area contributed by atoms with Crippen LogP contribution in [0.4, 0.5) is 14.6 Å². The standard InChI is InChI=1S/C17H19F2N3O3/c1-3-7-22-16(20)15(13(4-2)21-22)17(24)25-9-14(23)11-6-5-10(18)8-12(11)19/h5-6,8H,3-4,7,9,20H2,1-2H3. The first-order chi connectivity index (χ1) is 11.9. The van der Waals surface area contributed by atoms with Gasteiger partial charge in [0, 0.05) is 12.6 Å². The molecule has 6 nitrogen and oxygen atoms in total. The van der Waals surface area contributed by atoms with Crippen molar-refractivity contribution in [1.29, 1.82) is 0 Å². The van der Waals surface area contributed by atoms with Crippen LogP contribution in [-0.2, 0) is 17.7 Å². The maximum absolute atomic E-state index is 13.6. The van der Waals surface area contributed by atoms with E-state index in [0.29, 0.717) is 24.7 Å². The van der Waals surface area contributed by atoms with Crippen molar-refractivity contribution in [3.63, 3.8) is 0 Å². The fraction of sp³-hybridized carbons (Fsp3) is 0.353. The number of benzene rings is 1. The van der Waals surface area contributed by atoms with Gasteiger partial charge in [-0.1, -0.05) is 13.8 Å². The van der Waals surface area contributed by atoms with Crippen molar-refractivity contribution < 1.29 is 23.1 Å². The van der Waals surface area contributed by atoms with Crippen molar-refractivity contribution >= 4 is 17.6 Å². The van der Waals surface area contributed by atoms with Crippen molar-refractivity contribution in [2.24, 2.45) is 0 Å². The van der Waals surface area contributed by atoms with E-state index in [-0.39, 0.29) is 16.9 Å². The summed E-state index contributed by atoms with van der Waals surface area (Å²) in [6, 6.07) is 2.56. The zero-order valence-corrected chi connectivity index (χ0v) is 14.0. The lowest BCUT2D eigenvalue weighted by molar-refractivity contribution is 0.0473. The Kier molecular flexibility index (Phi) is 5.84. The molecule has 2 aromatic rings. The van der Waals surface area contributed by atoms with Crippen LogP contribution in [0.5, 0.6) is 0 Å². The number of aryl methyl sites for hydroxylation is 2. The molecule has 2 N–H and O–H groups in total. The molecular formula is C17H19F2N3O3. The van der Waals surface area contributed by atoms with Gasteiger partial charge in [-0.15, -0.1) is 0 Å². The van der Waals surface area contributed by atoms with Gasteiger partial charge in [-0.2, -0.15) is 5.10 Å². The molecule has 0 fully saturated rings. The number of nitrogen functional groups attached to an aromatic ring is 1. The molecule has 1 heterocycles. The van der Waals surface area contributed by atoms with Crippen LogP contribution in [0.2, 0.25) is 0 Å². The molecule has 8 heteroatoms. The second-order valence-electron chi connectivity index (χ2n) is 5.41. The van der Waals surface area contributed by atoms with Gasteiger partial charge in [0.05, 0.1) is 11.3 Å². The highest BCUT2D eigenvalue weighted by Gasteiger charge is 2.23. The van der Waals surface area contributed by atoms with Crippen LogP contribution < -0.4 is 5.73 Å². The molecule has 0 radical (unpaired) electrons. The Morgan fingerprint density at radius 3 is 2.60 bits per heavy atom. The number of ketones is 1. The average Bonchev–Trinajstić information content (AvgIpc) is 2.89. The fourth-order valence-corrected chi connectivity index (χ4v) is 2.38. The molecule has 1 aromatic heterocycles. The topological polar surface area (TPSA) is 87.2 Å². The van der Waals surface area contributed by atoms with E-state index < -0.39 is 30.0 Å². The molecule has 0 aliphatic rings. The number of Topliss-reactive ketones (excluding diaryl/α,β-unsaturated/α-hetero) is 1. The first kappa shape index (κ1) is 18.6. The van der Waals surface area contributed by atoms with Crippen molar-refractivity contribution in [2.75, 3.05) is 12.3 Å². The van der Waals surface area contributed by atoms with Gasteiger partial charge >= 0.3 is 5.97 Å². The van der Waals surface area contributed by atoms with Crippen LogP contribution in [-0.4, -0.2) is 28.1 Å². The Bertz CT molecular complexity index is 803. The predicted octanol–water partition coefficient (Wildman–Crippen LogP) is 2.76. The summed E-state index contributed by atoms with van der Waals surface area (Å²) in [4.78, 5) is 24.2. The molecule has 0 spiro atoms. The minimum atomic E-state index is -1.01. The molecule has 1 aromatic carbocycles. The minimum absolute atomic E-state index is 0.114. The summed E-state index contributed by atoms with van der Waals surface area (Å²) < 4.78 is 32.9. The van der Waals surface area contributed by atoms with Crippen LogP contribution in [0.3, 0.4) is 0 Å². The molecule has 0 amide bonds.